The Kier molecular flexibility index (Phi) is 3.65. The van der Waals surface area contributed by atoms with Gasteiger partial charge in [-0.3, -0.25) is 0 Å². The van der Waals surface area contributed by atoms with E-state index < -0.39 is 0 Å². The molecule has 2 aromatic carbocycles. The van der Waals surface area contributed by atoms with Crippen LogP contribution < -0.4 is 10.9 Å². The van der Waals surface area contributed by atoms with Crippen molar-refractivity contribution < 1.29 is 5.11 Å². The average molecular weight is 256 g/mol. The summed E-state index contributed by atoms with van der Waals surface area (Å²) in [4.78, 5) is 0. The van der Waals surface area contributed by atoms with E-state index in [0.717, 1.165) is 11.4 Å². The molecular formula is C16H20N2O. The summed E-state index contributed by atoms with van der Waals surface area (Å²) in [5.74, 6) is 0.264. The van der Waals surface area contributed by atoms with Crippen LogP contribution in [0.1, 0.15) is 26.3 Å². The van der Waals surface area contributed by atoms with Gasteiger partial charge in [0.2, 0.25) is 0 Å². The number of phenolic OH excluding ortho intramolecular Hbond substituents is 1. The summed E-state index contributed by atoms with van der Waals surface area (Å²) in [5, 5.41) is 9.22. The second kappa shape index (κ2) is 5.22. The zero-order valence-electron chi connectivity index (χ0n) is 11.6. The lowest BCUT2D eigenvalue weighted by molar-refractivity contribution is 0.475. The Labute approximate surface area is 114 Å². The van der Waals surface area contributed by atoms with Gasteiger partial charge in [-0.2, -0.15) is 0 Å². The summed E-state index contributed by atoms with van der Waals surface area (Å²) >= 11 is 0. The molecule has 0 heterocycles. The van der Waals surface area contributed by atoms with E-state index in [1.54, 1.807) is 12.1 Å². The predicted molar refractivity (Wildman–Crippen MR) is 80.5 cm³/mol. The van der Waals surface area contributed by atoms with E-state index in [2.05, 4.69) is 43.8 Å². The van der Waals surface area contributed by atoms with Crippen LogP contribution in [0.3, 0.4) is 0 Å². The molecule has 0 fully saturated rings. The Hall–Kier alpha value is -2.16. The molecule has 2 aromatic rings. The Morgan fingerprint density at radius 2 is 1.47 bits per heavy atom. The minimum atomic E-state index is 0.135. The van der Waals surface area contributed by atoms with E-state index >= 15 is 0 Å². The molecule has 0 spiro atoms. The maximum absolute atomic E-state index is 9.22. The molecule has 19 heavy (non-hydrogen) atoms. The number of phenols is 1. The molecule has 0 aliphatic rings. The van der Waals surface area contributed by atoms with Crippen molar-refractivity contribution in [2.75, 3.05) is 10.9 Å². The van der Waals surface area contributed by atoms with E-state index in [1.807, 2.05) is 24.3 Å². The van der Waals surface area contributed by atoms with Gasteiger partial charge in [-0.05, 0) is 47.4 Å². The highest BCUT2D eigenvalue weighted by Gasteiger charge is 2.13. The molecule has 3 N–H and O–H groups in total. The maximum atomic E-state index is 9.22. The lowest BCUT2D eigenvalue weighted by Gasteiger charge is -2.20. The number of hydrogen-bond donors (Lipinski definition) is 3. The van der Waals surface area contributed by atoms with Gasteiger partial charge in [0.15, 0.2) is 0 Å². The first-order valence-corrected chi connectivity index (χ1v) is 6.37. The molecule has 3 heteroatoms. The van der Waals surface area contributed by atoms with Gasteiger partial charge in [0, 0.05) is 0 Å². The Morgan fingerprint density at radius 1 is 0.842 bits per heavy atom. The summed E-state index contributed by atoms with van der Waals surface area (Å²) in [6.07, 6.45) is 0. The van der Waals surface area contributed by atoms with Gasteiger partial charge in [-0.25, -0.2) is 0 Å². The molecule has 2 rings (SSSR count). The molecule has 100 valence electrons. The van der Waals surface area contributed by atoms with Crippen molar-refractivity contribution in [3.05, 3.63) is 54.1 Å². The highest BCUT2D eigenvalue weighted by molar-refractivity contribution is 5.54. The largest absolute Gasteiger partial charge is 0.508 e. The Balaban J connectivity index is 2.05. The third kappa shape index (κ3) is 3.65. The minimum Gasteiger partial charge on any atom is -0.508 e. The molecule has 0 aliphatic carbocycles. The van der Waals surface area contributed by atoms with Crippen molar-refractivity contribution in [2.45, 2.75) is 26.2 Å². The summed E-state index contributed by atoms with van der Waals surface area (Å²) in [5.41, 5.74) is 9.60. The molecule has 0 unspecified atom stereocenters. The molecule has 0 saturated heterocycles. The van der Waals surface area contributed by atoms with Gasteiger partial charge in [0.05, 0.1) is 11.4 Å². The van der Waals surface area contributed by atoms with Crippen LogP contribution >= 0.6 is 0 Å². The zero-order valence-corrected chi connectivity index (χ0v) is 11.6. The number of anilines is 2. The summed E-state index contributed by atoms with van der Waals surface area (Å²) in [6.45, 7) is 6.58. The van der Waals surface area contributed by atoms with Crippen molar-refractivity contribution >= 4 is 11.4 Å². The second-order valence-electron chi connectivity index (χ2n) is 5.63. The van der Waals surface area contributed by atoms with Crippen molar-refractivity contribution in [1.82, 2.24) is 0 Å². The van der Waals surface area contributed by atoms with E-state index in [-0.39, 0.29) is 11.2 Å². The minimum absolute atomic E-state index is 0.135. The number of benzene rings is 2. The topological polar surface area (TPSA) is 44.3 Å². The predicted octanol–water partition coefficient (Wildman–Crippen LogP) is 4.13. The standard InChI is InChI=1S/C16H20N2O/c1-16(2,3)12-5-4-6-14(11-12)18-17-13-7-9-15(19)10-8-13/h4-11,17-19H,1-3H3. The molecule has 3 nitrogen and oxygen atoms in total. The quantitative estimate of drug-likeness (QED) is 0.571. The van der Waals surface area contributed by atoms with Crippen LogP contribution in [0.2, 0.25) is 0 Å². The zero-order chi connectivity index (χ0) is 13.9. The van der Waals surface area contributed by atoms with Crippen LogP contribution in [-0.4, -0.2) is 5.11 Å². The molecule has 0 saturated carbocycles. The maximum Gasteiger partial charge on any atom is 0.115 e. The van der Waals surface area contributed by atoms with E-state index in [4.69, 9.17) is 0 Å². The van der Waals surface area contributed by atoms with Crippen molar-refractivity contribution in [2.24, 2.45) is 0 Å². The number of hydrazine groups is 1. The molecule has 0 amide bonds. The molecule has 0 aromatic heterocycles. The average Bonchev–Trinajstić information content (AvgIpc) is 2.37. The van der Waals surface area contributed by atoms with Crippen LogP contribution in [0.5, 0.6) is 5.75 Å². The normalized spacial score (nSPS) is 11.1. The first-order chi connectivity index (χ1) is 8.95. The monoisotopic (exact) mass is 256 g/mol. The van der Waals surface area contributed by atoms with Gasteiger partial charge in [-0.1, -0.05) is 32.9 Å². The molecule has 0 atom stereocenters. The first kappa shape index (κ1) is 13.3. The second-order valence-corrected chi connectivity index (χ2v) is 5.63. The molecule has 0 aliphatic heterocycles. The van der Waals surface area contributed by atoms with Gasteiger partial charge >= 0.3 is 0 Å². The van der Waals surface area contributed by atoms with Gasteiger partial charge in [0.25, 0.3) is 0 Å². The van der Waals surface area contributed by atoms with E-state index in [9.17, 15) is 5.11 Å². The van der Waals surface area contributed by atoms with E-state index in [1.165, 1.54) is 5.56 Å². The number of nitrogens with one attached hydrogen (secondary N) is 2. The van der Waals surface area contributed by atoms with Crippen molar-refractivity contribution in [1.29, 1.82) is 0 Å². The SMILES string of the molecule is CC(C)(C)c1cccc(NNc2ccc(O)cc2)c1. The first-order valence-electron chi connectivity index (χ1n) is 6.37. The fourth-order valence-electron chi connectivity index (χ4n) is 1.75. The van der Waals surface area contributed by atoms with Crippen LogP contribution in [0.25, 0.3) is 0 Å². The smallest absolute Gasteiger partial charge is 0.115 e. The molecule has 0 radical (unpaired) electrons. The number of aromatic hydroxyl groups is 1. The van der Waals surface area contributed by atoms with Gasteiger partial charge in [0.1, 0.15) is 5.75 Å². The molecular weight excluding hydrogens is 236 g/mol. The molecule has 0 bridgehead atoms. The van der Waals surface area contributed by atoms with E-state index in [0.29, 0.717) is 0 Å². The number of hydrogen-bond acceptors (Lipinski definition) is 3. The summed E-state index contributed by atoms with van der Waals surface area (Å²) in [7, 11) is 0. The third-order valence-electron chi connectivity index (χ3n) is 2.95. The van der Waals surface area contributed by atoms with Crippen LogP contribution in [0.15, 0.2) is 48.5 Å². The van der Waals surface area contributed by atoms with Crippen molar-refractivity contribution in [3.63, 3.8) is 0 Å². The van der Waals surface area contributed by atoms with Crippen molar-refractivity contribution in [3.8, 4) is 5.75 Å². The fourth-order valence-corrected chi connectivity index (χ4v) is 1.75. The van der Waals surface area contributed by atoms with Crippen LogP contribution in [-0.2, 0) is 5.41 Å². The van der Waals surface area contributed by atoms with Crippen LogP contribution in [0.4, 0.5) is 11.4 Å². The Bertz CT molecular complexity index is 541. The Morgan fingerprint density at radius 3 is 2.11 bits per heavy atom. The van der Waals surface area contributed by atoms with Gasteiger partial charge < -0.3 is 16.0 Å². The third-order valence-corrected chi connectivity index (χ3v) is 2.95. The highest BCUT2D eigenvalue weighted by atomic mass is 16.3. The summed E-state index contributed by atoms with van der Waals surface area (Å²) < 4.78 is 0. The highest BCUT2D eigenvalue weighted by Crippen LogP contribution is 2.24. The van der Waals surface area contributed by atoms with Crippen LogP contribution in [0, 0.1) is 0 Å². The number of rotatable bonds is 3. The fraction of sp³-hybridized carbons (Fsp3) is 0.250. The summed E-state index contributed by atoms with van der Waals surface area (Å²) in [6, 6.07) is 15.3. The lowest BCUT2D eigenvalue weighted by atomic mass is 9.87. The van der Waals surface area contributed by atoms with Gasteiger partial charge in [-0.15, -0.1) is 0 Å². The lowest BCUT2D eigenvalue weighted by Crippen LogP contribution is -2.13.